The molecule has 1 saturated heterocycles. The van der Waals surface area contributed by atoms with Gasteiger partial charge in [-0.1, -0.05) is 32.1 Å². The molecular formula is C16H26N4O3. The van der Waals surface area contributed by atoms with Gasteiger partial charge in [0.25, 0.3) is 0 Å². The van der Waals surface area contributed by atoms with Crippen LogP contribution in [0.25, 0.3) is 0 Å². The van der Waals surface area contributed by atoms with E-state index in [9.17, 15) is 9.59 Å². The molecule has 3 amide bonds. The van der Waals surface area contributed by atoms with Gasteiger partial charge in [0.05, 0.1) is 18.6 Å². The first-order chi connectivity index (χ1) is 11.0. The monoisotopic (exact) mass is 322 g/mol. The molecule has 1 unspecified atom stereocenters. The summed E-state index contributed by atoms with van der Waals surface area (Å²) in [6, 6.07) is -0.490. The minimum atomic E-state index is -0.490. The second-order valence-electron chi connectivity index (χ2n) is 6.54. The number of hydrogen-bond donors (Lipinski definition) is 1. The zero-order valence-electron chi connectivity index (χ0n) is 13.7. The number of hydrogen-bond acceptors (Lipinski definition) is 4. The van der Waals surface area contributed by atoms with Crippen molar-refractivity contribution in [2.24, 2.45) is 17.6 Å². The van der Waals surface area contributed by atoms with Gasteiger partial charge in [0, 0.05) is 20.1 Å². The fraction of sp³-hybridized carbons (Fsp3) is 0.812. The van der Waals surface area contributed by atoms with Gasteiger partial charge in [0.1, 0.15) is 0 Å². The molecule has 2 N–H and O–H groups in total. The van der Waals surface area contributed by atoms with Crippen LogP contribution in [0.2, 0.25) is 0 Å². The summed E-state index contributed by atoms with van der Waals surface area (Å²) in [5, 5.41) is 9.03. The third-order valence-corrected chi connectivity index (χ3v) is 4.96. The van der Waals surface area contributed by atoms with Crippen molar-refractivity contribution in [2.75, 3.05) is 26.7 Å². The van der Waals surface area contributed by atoms with E-state index in [4.69, 9.17) is 15.7 Å². The average Bonchev–Trinajstić information content (AvgIpc) is 2.59. The van der Waals surface area contributed by atoms with E-state index in [-0.39, 0.29) is 12.0 Å². The third-order valence-electron chi connectivity index (χ3n) is 4.96. The first kappa shape index (κ1) is 17.5. The smallest absolute Gasteiger partial charge is 0.314 e. The maximum Gasteiger partial charge on any atom is 0.314 e. The van der Waals surface area contributed by atoms with E-state index in [0.29, 0.717) is 32.0 Å². The van der Waals surface area contributed by atoms with Gasteiger partial charge in [-0.15, -0.1) is 0 Å². The number of nitrogens with zero attached hydrogens (tertiary/aromatic N) is 3. The Morgan fingerprint density at radius 3 is 2.70 bits per heavy atom. The number of carbonyl (C=O) groups excluding carboxylic acids is 2. The molecular weight excluding hydrogens is 296 g/mol. The number of primary amides is 1. The third kappa shape index (κ3) is 4.58. The molecule has 0 bridgehead atoms. The summed E-state index contributed by atoms with van der Waals surface area (Å²) in [4.78, 5) is 26.6. The van der Waals surface area contributed by atoms with E-state index in [1.165, 1.54) is 31.2 Å². The molecule has 1 saturated carbocycles. The fourth-order valence-corrected chi connectivity index (χ4v) is 3.61. The van der Waals surface area contributed by atoms with Gasteiger partial charge < -0.3 is 15.4 Å². The highest BCUT2D eigenvalue weighted by Crippen LogP contribution is 2.32. The minimum absolute atomic E-state index is 0.227. The van der Waals surface area contributed by atoms with Crippen molar-refractivity contribution in [3.8, 4) is 6.19 Å². The van der Waals surface area contributed by atoms with Crippen LogP contribution < -0.4 is 5.73 Å². The van der Waals surface area contributed by atoms with Crippen molar-refractivity contribution in [1.29, 1.82) is 5.26 Å². The number of ether oxygens (including phenoxy) is 1. The molecule has 7 heteroatoms. The van der Waals surface area contributed by atoms with Crippen molar-refractivity contribution in [2.45, 2.75) is 44.6 Å². The number of carbonyl (C=O) groups is 2. The molecule has 0 radical (unpaired) electrons. The Morgan fingerprint density at radius 1 is 1.39 bits per heavy atom. The first-order valence-corrected chi connectivity index (χ1v) is 8.36. The Hall–Kier alpha value is -1.81. The lowest BCUT2D eigenvalue weighted by Crippen LogP contribution is -2.52. The van der Waals surface area contributed by atoms with Crippen LogP contribution in [0, 0.1) is 23.3 Å². The van der Waals surface area contributed by atoms with Gasteiger partial charge in [-0.2, -0.15) is 5.26 Å². The van der Waals surface area contributed by atoms with Gasteiger partial charge in [-0.3, -0.25) is 9.69 Å². The molecule has 1 aliphatic carbocycles. The van der Waals surface area contributed by atoms with Crippen LogP contribution in [0.5, 0.6) is 0 Å². The number of nitrogens with two attached hydrogens (primary N) is 1. The van der Waals surface area contributed by atoms with E-state index in [0.717, 1.165) is 17.7 Å². The molecule has 2 fully saturated rings. The zero-order valence-corrected chi connectivity index (χ0v) is 13.7. The molecule has 0 aromatic rings. The maximum absolute atomic E-state index is 12.6. The molecule has 128 valence electrons. The highest BCUT2D eigenvalue weighted by atomic mass is 16.5. The second-order valence-corrected chi connectivity index (χ2v) is 6.54. The molecule has 0 aromatic carbocycles. The van der Waals surface area contributed by atoms with Crippen LogP contribution in [0.1, 0.15) is 38.5 Å². The van der Waals surface area contributed by atoms with Gasteiger partial charge in [-0.05, 0) is 12.3 Å². The highest BCUT2D eigenvalue weighted by Gasteiger charge is 2.37. The predicted octanol–water partition coefficient (Wildman–Crippen LogP) is 1.29. The summed E-state index contributed by atoms with van der Waals surface area (Å²) in [5.74, 6) is -0.142. The summed E-state index contributed by atoms with van der Waals surface area (Å²) < 4.78 is 5.77. The lowest BCUT2D eigenvalue weighted by Gasteiger charge is -2.37. The highest BCUT2D eigenvalue weighted by molar-refractivity contribution is 5.81. The van der Waals surface area contributed by atoms with Crippen LogP contribution in [0.15, 0.2) is 0 Å². The SMILES string of the molecule is CN(C#N)C(=O)[C@@H](CC1CCCCC1)C1CN(C(N)=O)CCO1. The Bertz CT molecular complexity index is 470. The van der Waals surface area contributed by atoms with Crippen LogP contribution in [0.3, 0.4) is 0 Å². The predicted molar refractivity (Wildman–Crippen MR) is 84.0 cm³/mol. The van der Waals surface area contributed by atoms with Crippen molar-refractivity contribution in [1.82, 2.24) is 9.80 Å². The zero-order chi connectivity index (χ0) is 16.8. The topological polar surface area (TPSA) is 99.7 Å². The van der Waals surface area contributed by atoms with Crippen LogP contribution >= 0.6 is 0 Å². The van der Waals surface area contributed by atoms with Crippen LogP contribution in [-0.4, -0.2) is 54.6 Å². The fourth-order valence-electron chi connectivity index (χ4n) is 3.61. The normalized spacial score (nSPS) is 23.8. The van der Waals surface area contributed by atoms with E-state index >= 15 is 0 Å². The van der Waals surface area contributed by atoms with Crippen molar-refractivity contribution >= 4 is 11.9 Å². The summed E-state index contributed by atoms with van der Waals surface area (Å²) in [6.45, 7) is 1.14. The molecule has 2 rings (SSSR count). The van der Waals surface area contributed by atoms with E-state index in [2.05, 4.69) is 0 Å². The molecule has 1 aliphatic heterocycles. The van der Waals surface area contributed by atoms with E-state index in [1.807, 2.05) is 6.19 Å². The van der Waals surface area contributed by atoms with Gasteiger partial charge in [-0.25, -0.2) is 4.79 Å². The van der Waals surface area contributed by atoms with Crippen LogP contribution in [-0.2, 0) is 9.53 Å². The molecule has 2 aliphatic rings. The number of morpholine rings is 1. The minimum Gasteiger partial charge on any atom is -0.374 e. The van der Waals surface area contributed by atoms with Gasteiger partial charge >= 0.3 is 6.03 Å². The molecule has 1 heterocycles. The number of rotatable bonds is 4. The van der Waals surface area contributed by atoms with E-state index < -0.39 is 11.9 Å². The standard InChI is InChI=1S/C16H26N4O3/c1-19(11-17)15(21)13(9-12-5-3-2-4-6-12)14-10-20(16(18)22)7-8-23-14/h12-14H,2-10H2,1H3,(H2,18,22)/t13-,14?/m0/s1. The van der Waals surface area contributed by atoms with Crippen molar-refractivity contribution < 1.29 is 14.3 Å². The Morgan fingerprint density at radius 2 is 2.09 bits per heavy atom. The largest absolute Gasteiger partial charge is 0.374 e. The lowest BCUT2D eigenvalue weighted by atomic mass is 9.80. The van der Waals surface area contributed by atoms with E-state index in [1.54, 1.807) is 0 Å². The molecule has 0 aromatic heterocycles. The molecule has 23 heavy (non-hydrogen) atoms. The van der Waals surface area contributed by atoms with Gasteiger partial charge in [0.15, 0.2) is 6.19 Å². The summed E-state index contributed by atoms with van der Waals surface area (Å²) in [7, 11) is 1.48. The number of nitriles is 1. The summed E-state index contributed by atoms with van der Waals surface area (Å²) in [6.07, 6.45) is 8.07. The Balaban J connectivity index is 2.09. The number of amides is 3. The second kappa shape index (κ2) is 8.16. The molecule has 0 spiro atoms. The molecule has 7 nitrogen and oxygen atoms in total. The van der Waals surface area contributed by atoms with Crippen LogP contribution in [0.4, 0.5) is 4.79 Å². The summed E-state index contributed by atoms with van der Waals surface area (Å²) >= 11 is 0. The Labute approximate surface area is 137 Å². The Kier molecular flexibility index (Phi) is 6.22. The first-order valence-electron chi connectivity index (χ1n) is 8.36. The quantitative estimate of drug-likeness (QED) is 0.622. The lowest BCUT2D eigenvalue weighted by molar-refractivity contribution is -0.141. The van der Waals surface area contributed by atoms with Crippen molar-refractivity contribution in [3.05, 3.63) is 0 Å². The summed E-state index contributed by atoms with van der Waals surface area (Å²) in [5.41, 5.74) is 5.36. The maximum atomic E-state index is 12.6. The average molecular weight is 322 g/mol. The number of urea groups is 1. The molecule has 2 atom stereocenters. The van der Waals surface area contributed by atoms with Gasteiger partial charge in [0.2, 0.25) is 5.91 Å². The van der Waals surface area contributed by atoms with Crippen molar-refractivity contribution in [3.63, 3.8) is 0 Å².